The lowest BCUT2D eigenvalue weighted by atomic mass is 10.3. The third kappa shape index (κ3) is 4.27. The molecule has 0 N–H and O–H groups in total. The van der Waals surface area contributed by atoms with Gasteiger partial charge in [-0.15, -0.1) is 0 Å². The summed E-state index contributed by atoms with van der Waals surface area (Å²) in [4.78, 5) is 13.4. The van der Waals surface area contributed by atoms with Gasteiger partial charge in [0.15, 0.2) is 0 Å². The predicted octanol–water partition coefficient (Wildman–Crippen LogP) is 0.671. The van der Waals surface area contributed by atoms with Crippen LogP contribution in [0.15, 0.2) is 0 Å². The van der Waals surface area contributed by atoms with Crippen LogP contribution >= 0.6 is 0 Å². The maximum atomic E-state index is 11.8. The van der Waals surface area contributed by atoms with E-state index in [1.165, 1.54) is 4.31 Å². The van der Waals surface area contributed by atoms with Crippen LogP contribution in [0.5, 0.6) is 0 Å². The van der Waals surface area contributed by atoms with E-state index in [9.17, 15) is 13.2 Å². The topological polar surface area (TPSA) is 57.7 Å². The van der Waals surface area contributed by atoms with Gasteiger partial charge in [0.2, 0.25) is 15.9 Å². The van der Waals surface area contributed by atoms with Gasteiger partial charge in [-0.05, 0) is 19.3 Å². The first-order chi connectivity index (χ1) is 7.97. The molecule has 0 saturated carbocycles. The molecule has 0 bridgehead atoms. The van der Waals surface area contributed by atoms with Crippen LogP contribution in [-0.2, 0) is 14.8 Å². The maximum absolute atomic E-state index is 11.8. The summed E-state index contributed by atoms with van der Waals surface area (Å²) in [6.45, 7) is 3.24. The summed E-state index contributed by atoms with van der Waals surface area (Å²) in [7, 11) is -1.46. The normalized spacial score (nSPS) is 20.1. The lowest BCUT2D eigenvalue weighted by Crippen LogP contribution is -2.45. The zero-order valence-corrected chi connectivity index (χ0v) is 11.5. The Morgan fingerprint density at radius 1 is 1.35 bits per heavy atom. The lowest BCUT2D eigenvalue weighted by molar-refractivity contribution is -0.130. The minimum Gasteiger partial charge on any atom is -0.345 e. The first-order valence-corrected chi connectivity index (χ1v) is 7.80. The number of nitrogens with zero attached hydrogens (tertiary/aromatic N) is 2. The molecule has 5 nitrogen and oxygen atoms in total. The van der Waals surface area contributed by atoms with Crippen LogP contribution in [0.2, 0.25) is 0 Å². The molecule has 0 aromatic rings. The van der Waals surface area contributed by atoms with Crippen molar-refractivity contribution in [2.45, 2.75) is 32.6 Å². The van der Waals surface area contributed by atoms with Gasteiger partial charge in [0.25, 0.3) is 0 Å². The Bertz CT molecular complexity index is 354. The van der Waals surface area contributed by atoms with Crippen molar-refractivity contribution >= 4 is 15.9 Å². The Morgan fingerprint density at radius 2 is 2.06 bits per heavy atom. The second-order valence-corrected chi connectivity index (χ2v) is 6.61. The molecule has 1 amide bonds. The maximum Gasteiger partial charge on any atom is 0.237 e. The van der Waals surface area contributed by atoms with Crippen LogP contribution in [0.4, 0.5) is 0 Å². The number of sulfonamides is 1. The monoisotopic (exact) mass is 262 g/mol. The van der Waals surface area contributed by atoms with Gasteiger partial charge in [0, 0.05) is 20.1 Å². The van der Waals surface area contributed by atoms with Gasteiger partial charge >= 0.3 is 0 Å². The van der Waals surface area contributed by atoms with Gasteiger partial charge in [-0.3, -0.25) is 4.79 Å². The Hall–Kier alpha value is -0.620. The molecule has 0 aromatic heterocycles. The number of unbranched alkanes of at least 4 members (excludes halogenated alkanes) is 1. The first kappa shape index (κ1) is 14.4. The molecular formula is C11H22N2O3S. The van der Waals surface area contributed by atoms with Crippen molar-refractivity contribution in [1.29, 1.82) is 0 Å². The van der Waals surface area contributed by atoms with Crippen LogP contribution in [-0.4, -0.2) is 56.0 Å². The van der Waals surface area contributed by atoms with E-state index in [1.807, 2.05) is 0 Å². The number of carbonyl (C=O) groups is 1. The van der Waals surface area contributed by atoms with Crippen LogP contribution in [0.3, 0.4) is 0 Å². The highest BCUT2D eigenvalue weighted by atomic mass is 32.2. The zero-order chi connectivity index (χ0) is 12.9. The Balaban J connectivity index is 2.49. The van der Waals surface area contributed by atoms with Crippen molar-refractivity contribution in [2.75, 3.05) is 32.4 Å². The first-order valence-electron chi connectivity index (χ1n) is 6.19. The van der Waals surface area contributed by atoms with Crippen molar-refractivity contribution in [3.8, 4) is 0 Å². The number of likely N-dealkylation sites (N-methyl/N-ethyl adjacent to an activating group) is 1. The summed E-state index contributed by atoms with van der Waals surface area (Å²) in [5.41, 5.74) is 0. The van der Waals surface area contributed by atoms with E-state index in [2.05, 4.69) is 6.92 Å². The number of rotatable bonds is 5. The van der Waals surface area contributed by atoms with Crippen molar-refractivity contribution < 1.29 is 13.2 Å². The summed E-state index contributed by atoms with van der Waals surface area (Å²) in [5, 5.41) is 0. The average molecular weight is 262 g/mol. The summed E-state index contributed by atoms with van der Waals surface area (Å²) in [6, 6.07) is 0. The standard InChI is InChI=1S/C11H22N2O3S/c1-3-4-7-12(2)11(14)10-13-8-5-6-9-17(13,15)16/h3-10H2,1-2H3. The summed E-state index contributed by atoms with van der Waals surface area (Å²) in [5.74, 6) is 0.0720. The molecule has 0 spiro atoms. The summed E-state index contributed by atoms with van der Waals surface area (Å²) in [6.07, 6.45) is 3.54. The SMILES string of the molecule is CCCCN(C)C(=O)CN1CCCCS1(=O)=O. The van der Waals surface area contributed by atoms with Crippen molar-refractivity contribution in [3.63, 3.8) is 0 Å². The van der Waals surface area contributed by atoms with Crippen molar-refractivity contribution in [2.24, 2.45) is 0 Å². The number of carbonyl (C=O) groups excluding carboxylic acids is 1. The van der Waals surface area contributed by atoms with Gasteiger partial charge in [0.1, 0.15) is 0 Å². The van der Waals surface area contributed by atoms with E-state index >= 15 is 0 Å². The molecule has 1 heterocycles. The fourth-order valence-corrected chi connectivity index (χ4v) is 3.35. The molecule has 1 fully saturated rings. The zero-order valence-electron chi connectivity index (χ0n) is 10.7. The third-order valence-electron chi connectivity index (χ3n) is 3.04. The molecule has 1 aliphatic heterocycles. The highest BCUT2D eigenvalue weighted by Gasteiger charge is 2.28. The molecule has 0 aliphatic carbocycles. The average Bonchev–Trinajstić information content (AvgIpc) is 2.28. The summed E-state index contributed by atoms with van der Waals surface area (Å²) >= 11 is 0. The van der Waals surface area contributed by atoms with E-state index in [4.69, 9.17) is 0 Å². The summed E-state index contributed by atoms with van der Waals surface area (Å²) < 4.78 is 24.7. The van der Waals surface area contributed by atoms with Crippen LogP contribution in [0.25, 0.3) is 0 Å². The largest absolute Gasteiger partial charge is 0.345 e. The quantitative estimate of drug-likeness (QED) is 0.732. The second kappa shape index (κ2) is 6.35. The van der Waals surface area contributed by atoms with Gasteiger partial charge < -0.3 is 4.90 Å². The molecule has 100 valence electrons. The van der Waals surface area contributed by atoms with E-state index in [0.29, 0.717) is 19.5 Å². The van der Waals surface area contributed by atoms with Gasteiger partial charge in [0.05, 0.1) is 12.3 Å². The van der Waals surface area contributed by atoms with Gasteiger partial charge in [-0.1, -0.05) is 13.3 Å². The molecule has 1 aliphatic rings. The Kier molecular flexibility index (Phi) is 5.39. The second-order valence-electron chi connectivity index (χ2n) is 4.53. The fourth-order valence-electron chi connectivity index (χ4n) is 1.81. The number of amides is 1. The molecular weight excluding hydrogens is 240 g/mol. The molecule has 6 heteroatoms. The third-order valence-corrected chi connectivity index (χ3v) is 4.94. The lowest BCUT2D eigenvalue weighted by Gasteiger charge is -2.27. The molecule has 0 radical (unpaired) electrons. The predicted molar refractivity (Wildman–Crippen MR) is 67.1 cm³/mol. The molecule has 1 rings (SSSR count). The highest BCUT2D eigenvalue weighted by Crippen LogP contribution is 2.13. The molecule has 0 unspecified atom stereocenters. The van der Waals surface area contributed by atoms with E-state index in [1.54, 1.807) is 11.9 Å². The molecule has 0 aromatic carbocycles. The van der Waals surface area contributed by atoms with Crippen molar-refractivity contribution in [3.05, 3.63) is 0 Å². The Morgan fingerprint density at radius 3 is 2.65 bits per heavy atom. The van der Waals surface area contributed by atoms with Gasteiger partial charge in [-0.2, -0.15) is 4.31 Å². The highest BCUT2D eigenvalue weighted by molar-refractivity contribution is 7.89. The number of hydrogen-bond donors (Lipinski definition) is 0. The van der Waals surface area contributed by atoms with Crippen LogP contribution < -0.4 is 0 Å². The van der Waals surface area contributed by atoms with Crippen LogP contribution in [0, 0.1) is 0 Å². The van der Waals surface area contributed by atoms with Gasteiger partial charge in [-0.25, -0.2) is 8.42 Å². The fraction of sp³-hybridized carbons (Fsp3) is 0.909. The van der Waals surface area contributed by atoms with Crippen LogP contribution in [0.1, 0.15) is 32.6 Å². The van der Waals surface area contributed by atoms with E-state index in [0.717, 1.165) is 19.3 Å². The number of hydrogen-bond acceptors (Lipinski definition) is 3. The van der Waals surface area contributed by atoms with Crippen molar-refractivity contribution in [1.82, 2.24) is 9.21 Å². The van der Waals surface area contributed by atoms with E-state index < -0.39 is 10.0 Å². The minimum atomic E-state index is -3.19. The smallest absolute Gasteiger partial charge is 0.237 e. The minimum absolute atomic E-state index is 0.00253. The molecule has 0 atom stereocenters. The molecule has 1 saturated heterocycles. The Labute approximate surface area is 104 Å². The van der Waals surface area contributed by atoms with E-state index in [-0.39, 0.29) is 18.2 Å². The molecule has 17 heavy (non-hydrogen) atoms.